The van der Waals surface area contributed by atoms with Crippen molar-refractivity contribution in [2.45, 2.75) is 108 Å². The van der Waals surface area contributed by atoms with E-state index in [1.807, 2.05) is 0 Å². The van der Waals surface area contributed by atoms with Gasteiger partial charge in [0.25, 0.3) is 10.1 Å². The van der Waals surface area contributed by atoms with Crippen LogP contribution in [0.4, 0.5) is 0 Å². The van der Waals surface area contributed by atoms with Crippen molar-refractivity contribution in [2.75, 3.05) is 0 Å². The quantitative estimate of drug-likeness (QED) is 0.0847. The van der Waals surface area contributed by atoms with Crippen LogP contribution in [0.2, 0.25) is 0 Å². The van der Waals surface area contributed by atoms with Crippen LogP contribution in [0.25, 0.3) is 0 Å². The third kappa shape index (κ3) is 32.1. The number of carbonyl (C=O) groups is 3. The van der Waals surface area contributed by atoms with Crippen LogP contribution in [0.3, 0.4) is 0 Å². The second-order valence-corrected chi connectivity index (χ2v) is 9.27. The van der Waals surface area contributed by atoms with E-state index in [4.69, 9.17) is 19.9 Å². The minimum atomic E-state index is -4.84. The summed E-state index contributed by atoms with van der Waals surface area (Å²) in [5, 5.41) is 22.4. The zero-order chi connectivity index (χ0) is 24.8. The van der Waals surface area contributed by atoms with Crippen LogP contribution in [0.15, 0.2) is 12.2 Å². The molecule has 0 fully saturated rings. The number of allylic oxidation sites excluding steroid dienone is 2. The Morgan fingerprint density at radius 3 is 1.44 bits per heavy atom. The molecule has 9 nitrogen and oxygen atoms in total. The maximum atomic E-state index is 10.3. The number of aliphatic carboxylic acids is 3. The van der Waals surface area contributed by atoms with Crippen molar-refractivity contribution in [3.05, 3.63) is 12.2 Å². The molecule has 1 atom stereocenters. The fourth-order valence-electron chi connectivity index (χ4n) is 2.83. The minimum absolute atomic E-state index is 0. The molecule has 0 amide bonds. The average Bonchev–Trinajstić information content (AvgIpc) is 2.68. The summed E-state index contributed by atoms with van der Waals surface area (Å²) in [7, 11) is -4.84. The molecule has 0 radical (unpaired) electrons. The maximum absolute atomic E-state index is 10.3. The Balaban J connectivity index is -0.000000279. The average molecular weight is 529 g/mol. The summed E-state index contributed by atoms with van der Waals surface area (Å²) in [4.78, 5) is 30.3. The van der Waals surface area contributed by atoms with Crippen molar-refractivity contribution >= 4 is 87.1 Å². The van der Waals surface area contributed by atoms with E-state index in [0.717, 1.165) is 12.8 Å². The van der Waals surface area contributed by atoms with Gasteiger partial charge < -0.3 is 15.3 Å². The normalized spacial score (nSPS) is 11.5. The predicted octanol–water partition coefficient (Wildman–Crippen LogP) is 3.61. The topological polar surface area (TPSA) is 166 Å². The Kier molecular flexibility index (Phi) is 33.5. The first-order chi connectivity index (χ1) is 15.0. The number of carboxylic acid groups (broad SMARTS) is 3. The van der Waals surface area contributed by atoms with Crippen LogP contribution in [0.5, 0.6) is 0 Å². The van der Waals surface area contributed by atoms with Gasteiger partial charge in [-0.25, -0.2) is 0 Å². The van der Waals surface area contributed by atoms with Crippen molar-refractivity contribution in [1.29, 1.82) is 0 Å². The van der Waals surface area contributed by atoms with Gasteiger partial charge in [0.2, 0.25) is 0 Å². The van der Waals surface area contributed by atoms with Crippen LogP contribution in [0.1, 0.15) is 103 Å². The van der Waals surface area contributed by atoms with Crippen LogP contribution in [-0.2, 0) is 24.5 Å². The van der Waals surface area contributed by atoms with Gasteiger partial charge >= 0.3 is 77.0 Å². The van der Waals surface area contributed by atoms with E-state index in [0.29, 0.717) is 6.42 Å². The molecule has 0 heterocycles. The number of hydrogen-bond acceptors (Lipinski definition) is 5. The van der Waals surface area contributed by atoms with Crippen LogP contribution in [0, 0.1) is 0 Å². The van der Waals surface area contributed by atoms with Crippen molar-refractivity contribution < 1.29 is 42.7 Å². The molecule has 0 aliphatic heterocycles. The molecule has 192 valence electrons. The Morgan fingerprint density at radius 2 is 1.12 bits per heavy atom. The molecule has 0 aromatic rings. The summed E-state index contributed by atoms with van der Waals surface area (Å²) < 4.78 is 28.7. The predicted molar refractivity (Wildman–Crippen MR) is 137 cm³/mol. The molecule has 0 spiro atoms. The van der Waals surface area contributed by atoms with E-state index >= 15 is 0 Å². The number of hydrogen-bond donors (Lipinski definition) is 4. The molecule has 0 aromatic carbocycles. The zero-order valence-corrected chi connectivity index (χ0v) is 19.9. The summed E-state index contributed by atoms with van der Waals surface area (Å²) in [5.74, 6) is -4.16. The van der Waals surface area contributed by atoms with E-state index < -0.39 is 39.7 Å². The first-order valence-corrected chi connectivity index (χ1v) is 12.8. The molecule has 0 saturated heterocycles. The summed E-state index contributed by atoms with van der Waals surface area (Å²) in [6.07, 6.45) is 20.1. The number of carboxylic acids is 3. The molecule has 0 bridgehead atoms. The molecular weight excluding hydrogens is 486 g/mol. The van der Waals surface area contributed by atoms with Crippen molar-refractivity contribution in [3.8, 4) is 0 Å². The van der Waals surface area contributed by atoms with Crippen molar-refractivity contribution in [3.63, 3.8) is 0 Å². The second kappa shape index (κ2) is 27.6. The zero-order valence-electron chi connectivity index (χ0n) is 19.1. The van der Waals surface area contributed by atoms with Gasteiger partial charge in [-0.3, -0.25) is 18.9 Å². The van der Waals surface area contributed by atoms with Gasteiger partial charge in [-0.15, -0.1) is 0 Å². The van der Waals surface area contributed by atoms with Crippen LogP contribution in [-0.4, -0.2) is 111 Å². The number of rotatable bonds is 19. The number of unbranched alkanes of at least 4 members (excludes halogenated alkanes) is 11. The van der Waals surface area contributed by atoms with Crippen LogP contribution >= 0.6 is 0 Å². The Hall–Kier alpha value is 0.0600. The Morgan fingerprint density at radius 1 is 0.706 bits per heavy atom. The molecule has 0 aromatic heterocycles. The Labute approximate surface area is 248 Å². The molecule has 0 aliphatic carbocycles. The van der Waals surface area contributed by atoms with E-state index in [-0.39, 0.29) is 59.1 Å². The van der Waals surface area contributed by atoms with Crippen LogP contribution < -0.4 is 0 Å². The monoisotopic (exact) mass is 528 g/mol. The van der Waals surface area contributed by atoms with Gasteiger partial charge in [0.05, 0.1) is 6.42 Å². The van der Waals surface area contributed by atoms with Crippen molar-refractivity contribution in [1.82, 2.24) is 0 Å². The van der Waals surface area contributed by atoms with Gasteiger partial charge in [0.15, 0.2) is 5.25 Å². The van der Waals surface area contributed by atoms with Gasteiger partial charge in [0, 0.05) is 6.42 Å². The molecule has 0 rings (SSSR count). The molecule has 0 saturated carbocycles. The molecular formula is C22H42Na2O9S. The van der Waals surface area contributed by atoms with Gasteiger partial charge in [-0.05, 0) is 32.1 Å². The third-order valence-electron chi connectivity index (χ3n) is 4.65. The fourth-order valence-corrected chi connectivity index (χ4v) is 3.43. The third-order valence-corrected chi connectivity index (χ3v) is 5.73. The van der Waals surface area contributed by atoms with Gasteiger partial charge in [-0.2, -0.15) is 8.42 Å². The van der Waals surface area contributed by atoms with E-state index in [1.54, 1.807) is 0 Å². The Bertz CT molecular complexity index is 653. The first-order valence-electron chi connectivity index (χ1n) is 11.3. The first kappa shape index (κ1) is 41.2. The standard InChI is InChI=1S/C18H34O2.C4H6O7S.2Na.2H/c1-2-3-4-5-6-7-8-9-10-11-12-13-14-15-16-17-18(19)20;5-3(6)1-2(4(7)8)12(9,10)11;;;;/h9-10H,2-8,11-17H2,1H3,(H,19,20);2H,1H2,(H,5,6)(H,7,8)(H,9,10,11);;;;/b10-9-;;;;;. The van der Waals surface area contributed by atoms with Crippen molar-refractivity contribution in [2.24, 2.45) is 0 Å². The second-order valence-electron chi connectivity index (χ2n) is 7.67. The molecule has 34 heavy (non-hydrogen) atoms. The van der Waals surface area contributed by atoms with E-state index in [1.165, 1.54) is 70.6 Å². The molecule has 0 aliphatic rings. The summed E-state index contributed by atoms with van der Waals surface area (Å²) >= 11 is 0. The fraction of sp³-hybridized carbons (Fsp3) is 0.773. The van der Waals surface area contributed by atoms with Gasteiger partial charge in [-0.1, -0.05) is 70.4 Å². The summed E-state index contributed by atoms with van der Waals surface area (Å²) in [6, 6.07) is 0. The van der Waals surface area contributed by atoms with E-state index in [9.17, 15) is 22.8 Å². The summed E-state index contributed by atoms with van der Waals surface area (Å²) in [5.41, 5.74) is 0. The molecule has 4 N–H and O–H groups in total. The van der Waals surface area contributed by atoms with E-state index in [2.05, 4.69) is 19.1 Å². The summed E-state index contributed by atoms with van der Waals surface area (Å²) in [6.45, 7) is 2.26. The molecule has 12 heteroatoms. The SMILES string of the molecule is CCCCCCCC/C=C\CCCCCCCC(=O)O.O=C(O)CC(C(=O)O)S(=O)(=O)O.[NaH].[NaH]. The van der Waals surface area contributed by atoms with Gasteiger partial charge in [0.1, 0.15) is 0 Å². The molecule has 1 unspecified atom stereocenters.